The van der Waals surface area contributed by atoms with E-state index >= 15 is 0 Å². The summed E-state index contributed by atoms with van der Waals surface area (Å²) in [6.07, 6.45) is 8.71. The van der Waals surface area contributed by atoms with Crippen LogP contribution in [0.5, 0.6) is 0 Å². The van der Waals surface area contributed by atoms with E-state index < -0.39 is 11.9 Å². The van der Waals surface area contributed by atoms with Crippen molar-refractivity contribution in [2.75, 3.05) is 6.61 Å². The highest BCUT2D eigenvalue weighted by Gasteiger charge is 2.51. The predicted molar refractivity (Wildman–Crippen MR) is 81.3 cm³/mol. The van der Waals surface area contributed by atoms with Gasteiger partial charge in [0.05, 0.1) is 5.92 Å². The van der Waals surface area contributed by atoms with Gasteiger partial charge in [-0.3, -0.25) is 14.9 Å². The second-order valence-corrected chi connectivity index (χ2v) is 8.08. The van der Waals surface area contributed by atoms with E-state index in [2.05, 4.69) is 10.6 Å². The molecule has 2 N–H and O–H groups in total. The highest BCUT2D eigenvalue weighted by molar-refractivity contribution is 5.96. The Bertz CT molecular complexity index is 505. The van der Waals surface area contributed by atoms with Crippen molar-refractivity contribution >= 4 is 17.9 Å². The lowest BCUT2D eigenvalue weighted by Crippen LogP contribution is -2.62. The molecule has 0 atom stereocenters. The Morgan fingerprint density at radius 2 is 1.52 bits per heavy atom. The van der Waals surface area contributed by atoms with Crippen LogP contribution in [0.3, 0.4) is 0 Å². The normalized spacial score (nSPS) is 37.3. The van der Waals surface area contributed by atoms with Crippen LogP contribution in [0.25, 0.3) is 0 Å². The van der Waals surface area contributed by atoms with E-state index in [1.165, 1.54) is 19.3 Å². The number of carbonyl (C=O) groups is 3. The third-order valence-electron chi connectivity index (χ3n) is 5.93. The molecule has 5 aliphatic rings. The number of hydrogen-bond acceptors (Lipinski definition) is 4. The SMILES string of the molecule is O=C(COC(=O)C1CC1)NC(=O)NC12CC3CC(CC(C3)C1)C2. The molecule has 5 aliphatic carbocycles. The monoisotopic (exact) mass is 320 g/mol. The van der Waals surface area contributed by atoms with Gasteiger partial charge in [-0.1, -0.05) is 0 Å². The minimum Gasteiger partial charge on any atom is -0.455 e. The van der Waals surface area contributed by atoms with Crippen molar-refractivity contribution in [3.8, 4) is 0 Å². The van der Waals surface area contributed by atoms with Gasteiger partial charge in [-0.15, -0.1) is 0 Å². The Morgan fingerprint density at radius 1 is 0.957 bits per heavy atom. The van der Waals surface area contributed by atoms with Crippen LogP contribution in [0.2, 0.25) is 0 Å². The summed E-state index contributed by atoms with van der Waals surface area (Å²) in [6.45, 7) is -0.371. The average molecular weight is 320 g/mol. The molecule has 0 aromatic heterocycles. The smallest absolute Gasteiger partial charge is 0.321 e. The summed E-state index contributed by atoms with van der Waals surface area (Å²) in [5, 5.41) is 5.37. The number of imide groups is 1. The maximum Gasteiger partial charge on any atom is 0.321 e. The van der Waals surface area contributed by atoms with Gasteiger partial charge in [-0.05, 0) is 69.1 Å². The minimum absolute atomic E-state index is 0.0383. The molecule has 4 bridgehead atoms. The molecule has 23 heavy (non-hydrogen) atoms. The minimum atomic E-state index is -0.554. The van der Waals surface area contributed by atoms with Crippen LogP contribution in [0.1, 0.15) is 51.4 Å². The fourth-order valence-corrected chi connectivity index (χ4v) is 5.27. The van der Waals surface area contributed by atoms with Crippen LogP contribution in [0.4, 0.5) is 4.79 Å². The van der Waals surface area contributed by atoms with Gasteiger partial charge in [0.15, 0.2) is 6.61 Å². The first kappa shape index (κ1) is 15.0. The summed E-state index contributed by atoms with van der Waals surface area (Å²) >= 11 is 0. The molecule has 0 unspecified atom stereocenters. The van der Waals surface area contributed by atoms with Gasteiger partial charge >= 0.3 is 12.0 Å². The van der Waals surface area contributed by atoms with Crippen LogP contribution in [-0.4, -0.2) is 30.1 Å². The highest BCUT2D eigenvalue weighted by Crippen LogP contribution is 2.55. The number of ether oxygens (including phenoxy) is 1. The van der Waals surface area contributed by atoms with Crippen LogP contribution >= 0.6 is 0 Å². The lowest BCUT2D eigenvalue weighted by Gasteiger charge is -2.56. The topological polar surface area (TPSA) is 84.5 Å². The summed E-state index contributed by atoms with van der Waals surface area (Å²) < 4.78 is 4.89. The van der Waals surface area contributed by atoms with Gasteiger partial charge in [-0.25, -0.2) is 4.79 Å². The zero-order valence-corrected chi connectivity index (χ0v) is 13.3. The van der Waals surface area contributed by atoms with Gasteiger partial charge in [-0.2, -0.15) is 0 Å². The van der Waals surface area contributed by atoms with Crippen molar-refractivity contribution < 1.29 is 19.1 Å². The summed E-state index contributed by atoms with van der Waals surface area (Å²) in [5.74, 6) is 1.27. The molecule has 5 fully saturated rings. The Morgan fingerprint density at radius 3 is 2.04 bits per heavy atom. The summed E-state index contributed by atoms with van der Waals surface area (Å²) in [6, 6.07) is -0.445. The molecule has 6 nitrogen and oxygen atoms in total. The van der Waals surface area contributed by atoms with E-state index in [-0.39, 0.29) is 24.0 Å². The van der Waals surface area contributed by atoms with E-state index in [4.69, 9.17) is 4.74 Å². The van der Waals surface area contributed by atoms with E-state index in [0.717, 1.165) is 49.9 Å². The molecular weight excluding hydrogens is 296 g/mol. The van der Waals surface area contributed by atoms with Crippen molar-refractivity contribution in [3.05, 3.63) is 0 Å². The molecule has 6 heteroatoms. The van der Waals surface area contributed by atoms with Gasteiger partial charge in [0.1, 0.15) is 0 Å². The van der Waals surface area contributed by atoms with E-state index in [0.29, 0.717) is 0 Å². The maximum absolute atomic E-state index is 12.1. The zero-order valence-electron chi connectivity index (χ0n) is 13.3. The first-order valence-electron chi connectivity index (χ1n) is 8.80. The predicted octanol–water partition coefficient (Wildman–Crippen LogP) is 1.73. The largest absolute Gasteiger partial charge is 0.455 e. The summed E-state index contributed by atoms with van der Waals surface area (Å²) in [4.78, 5) is 35.3. The van der Waals surface area contributed by atoms with E-state index in [1.807, 2.05) is 0 Å². The van der Waals surface area contributed by atoms with Crippen molar-refractivity contribution in [3.63, 3.8) is 0 Å². The number of amides is 3. The summed E-state index contributed by atoms with van der Waals surface area (Å²) in [7, 11) is 0. The van der Waals surface area contributed by atoms with Crippen LogP contribution < -0.4 is 10.6 Å². The third-order valence-corrected chi connectivity index (χ3v) is 5.93. The molecular formula is C17H24N2O4. The van der Waals surface area contributed by atoms with Gasteiger partial charge < -0.3 is 10.1 Å². The van der Waals surface area contributed by atoms with Gasteiger partial charge in [0.2, 0.25) is 0 Å². The van der Waals surface area contributed by atoms with Crippen LogP contribution in [0.15, 0.2) is 0 Å². The Balaban J connectivity index is 1.26. The summed E-state index contributed by atoms with van der Waals surface area (Å²) in [5.41, 5.74) is -0.121. The standard InChI is InChI=1S/C17H24N2O4/c20-14(9-23-15(21)13-1-2-13)18-16(22)19-17-6-10-3-11(7-17)5-12(4-10)8-17/h10-13H,1-9H2,(H2,18,19,20,22). The van der Waals surface area contributed by atoms with Crippen LogP contribution in [-0.2, 0) is 14.3 Å². The molecule has 5 saturated carbocycles. The number of urea groups is 1. The lowest BCUT2D eigenvalue weighted by molar-refractivity contribution is -0.149. The Hall–Kier alpha value is -1.59. The van der Waals surface area contributed by atoms with Crippen molar-refractivity contribution in [2.45, 2.75) is 56.9 Å². The molecule has 0 saturated heterocycles. The molecule has 5 rings (SSSR count). The molecule has 0 heterocycles. The first-order chi connectivity index (χ1) is 11.0. The second kappa shape index (κ2) is 5.49. The van der Waals surface area contributed by atoms with Gasteiger partial charge in [0, 0.05) is 5.54 Å². The molecule has 0 spiro atoms. The number of nitrogens with one attached hydrogen (secondary N) is 2. The van der Waals surface area contributed by atoms with Gasteiger partial charge in [0.25, 0.3) is 5.91 Å². The molecule has 0 aromatic carbocycles. The first-order valence-corrected chi connectivity index (χ1v) is 8.80. The quantitative estimate of drug-likeness (QED) is 0.773. The molecule has 0 aliphatic heterocycles. The van der Waals surface area contributed by atoms with Crippen molar-refractivity contribution in [1.82, 2.24) is 10.6 Å². The Labute approximate surface area is 135 Å². The van der Waals surface area contributed by atoms with E-state index in [1.54, 1.807) is 0 Å². The average Bonchev–Trinajstić information content (AvgIpc) is 3.26. The Kier molecular flexibility index (Phi) is 3.58. The number of hydrogen-bond donors (Lipinski definition) is 2. The molecule has 3 amide bonds. The number of esters is 1. The zero-order chi connectivity index (χ0) is 16.0. The molecule has 126 valence electrons. The van der Waals surface area contributed by atoms with E-state index in [9.17, 15) is 14.4 Å². The van der Waals surface area contributed by atoms with Crippen molar-refractivity contribution in [2.24, 2.45) is 23.7 Å². The fraction of sp³-hybridized carbons (Fsp3) is 0.824. The lowest BCUT2D eigenvalue weighted by atomic mass is 9.53. The fourth-order valence-electron chi connectivity index (χ4n) is 5.27. The number of rotatable bonds is 4. The van der Waals surface area contributed by atoms with Crippen LogP contribution in [0, 0.1) is 23.7 Å². The second-order valence-electron chi connectivity index (χ2n) is 8.08. The maximum atomic E-state index is 12.1. The number of carbonyl (C=O) groups excluding carboxylic acids is 3. The third kappa shape index (κ3) is 3.21. The van der Waals surface area contributed by atoms with Crippen molar-refractivity contribution in [1.29, 1.82) is 0 Å². The molecule has 0 radical (unpaired) electrons. The molecule has 0 aromatic rings. The highest BCUT2D eigenvalue weighted by atomic mass is 16.5.